The van der Waals surface area contributed by atoms with E-state index >= 15 is 0 Å². The van der Waals surface area contributed by atoms with Gasteiger partial charge >= 0.3 is 0 Å². The van der Waals surface area contributed by atoms with Gasteiger partial charge in [-0.3, -0.25) is 14.6 Å². The Morgan fingerprint density at radius 2 is 0.977 bits per heavy atom. The Morgan fingerprint density at radius 3 is 1.36 bits per heavy atom. The molecule has 44 heavy (non-hydrogen) atoms. The number of nitrogens with two attached hydrogens (primary N) is 4. The lowest BCUT2D eigenvalue weighted by Crippen LogP contribution is -2.52. The van der Waals surface area contributed by atoms with Gasteiger partial charge in [-0.1, -0.05) is 142 Å². The van der Waals surface area contributed by atoms with Gasteiger partial charge in [0.25, 0.3) is 0 Å². The number of unbranched alkanes of at least 4 members (excludes halogenated alkanes) is 20. The van der Waals surface area contributed by atoms with Gasteiger partial charge in [0.2, 0.25) is 11.8 Å². The summed E-state index contributed by atoms with van der Waals surface area (Å²) in [5, 5.41) is 2.77. The molecule has 9 nitrogen and oxygen atoms in total. The summed E-state index contributed by atoms with van der Waals surface area (Å²) in [7, 11) is 0. The van der Waals surface area contributed by atoms with Crippen molar-refractivity contribution in [3.63, 3.8) is 0 Å². The van der Waals surface area contributed by atoms with E-state index in [9.17, 15) is 9.59 Å². The Hall–Kier alpha value is -1.87. The van der Waals surface area contributed by atoms with Crippen molar-refractivity contribution in [1.82, 2.24) is 10.2 Å². The normalized spacial score (nSPS) is 12.5. The van der Waals surface area contributed by atoms with E-state index in [-0.39, 0.29) is 24.3 Å². The van der Waals surface area contributed by atoms with Crippen LogP contribution in [0.25, 0.3) is 0 Å². The van der Waals surface area contributed by atoms with Crippen molar-refractivity contribution < 1.29 is 9.59 Å². The second-order valence-electron chi connectivity index (χ2n) is 12.8. The Balaban J connectivity index is 4.48. The summed E-state index contributed by atoms with van der Waals surface area (Å²) < 4.78 is 0. The summed E-state index contributed by atoms with van der Waals surface area (Å²) in [5.41, 5.74) is 22.9. The predicted octanol–water partition coefficient (Wildman–Crippen LogP) is 6.26. The van der Waals surface area contributed by atoms with Crippen LogP contribution in [0.5, 0.6) is 0 Å². The van der Waals surface area contributed by atoms with Crippen LogP contribution in [-0.2, 0) is 9.59 Å². The number of guanidine groups is 1. The number of carbonyl (C=O) groups excluding carboxylic acids is 2. The molecule has 2 unspecified atom stereocenters. The lowest BCUT2D eigenvalue weighted by Gasteiger charge is -2.26. The molecule has 0 aromatic heterocycles. The first kappa shape index (κ1) is 42.1. The summed E-state index contributed by atoms with van der Waals surface area (Å²) in [6, 6.07) is -1.46. The molecule has 9 N–H and O–H groups in total. The van der Waals surface area contributed by atoms with Crippen molar-refractivity contribution in [1.29, 1.82) is 0 Å². The van der Waals surface area contributed by atoms with Gasteiger partial charge in [0.05, 0.1) is 6.04 Å². The van der Waals surface area contributed by atoms with Crippen LogP contribution in [0.3, 0.4) is 0 Å². The highest BCUT2D eigenvalue weighted by Gasteiger charge is 2.22. The molecule has 2 atom stereocenters. The molecule has 0 radical (unpaired) electrons. The average molecular weight is 624 g/mol. The maximum Gasteiger partial charge on any atom is 0.241 e. The number of hydrogen-bond acceptors (Lipinski definition) is 5. The molecular weight excluding hydrogens is 550 g/mol. The third-order valence-electron chi connectivity index (χ3n) is 8.49. The molecule has 0 rings (SSSR count). The van der Waals surface area contributed by atoms with Crippen molar-refractivity contribution in [2.75, 3.05) is 26.2 Å². The van der Waals surface area contributed by atoms with Crippen LogP contribution in [0.2, 0.25) is 0 Å². The molecule has 0 saturated carbocycles. The van der Waals surface area contributed by atoms with E-state index in [4.69, 9.17) is 22.9 Å². The quantitative estimate of drug-likeness (QED) is 0.0337. The molecule has 0 bridgehead atoms. The van der Waals surface area contributed by atoms with Gasteiger partial charge in [0.1, 0.15) is 6.04 Å². The monoisotopic (exact) mass is 624 g/mol. The number of aliphatic imine (C=N–C) groups is 1. The van der Waals surface area contributed by atoms with Crippen LogP contribution < -0.4 is 28.3 Å². The van der Waals surface area contributed by atoms with Gasteiger partial charge in [-0.15, -0.1) is 0 Å². The van der Waals surface area contributed by atoms with Crippen LogP contribution in [0.4, 0.5) is 0 Å². The van der Waals surface area contributed by atoms with E-state index in [1.165, 1.54) is 116 Å². The van der Waals surface area contributed by atoms with Crippen molar-refractivity contribution in [2.24, 2.45) is 27.9 Å². The minimum Gasteiger partial charge on any atom is -0.370 e. The zero-order valence-corrected chi connectivity index (χ0v) is 29.0. The average Bonchev–Trinajstić information content (AvgIpc) is 3.01. The van der Waals surface area contributed by atoms with E-state index < -0.39 is 12.1 Å². The topological polar surface area (TPSA) is 166 Å². The second-order valence-corrected chi connectivity index (χ2v) is 12.8. The van der Waals surface area contributed by atoms with Crippen LogP contribution >= 0.6 is 0 Å². The first-order valence-electron chi connectivity index (χ1n) is 18.5. The Morgan fingerprint density at radius 1 is 0.591 bits per heavy atom. The fourth-order valence-corrected chi connectivity index (χ4v) is 5.58. The lowest BCUT2D eigenvalue weighted by molar-refractivity contribution is -0.133. The van der Waals surface area contributed by atoms with Gasteiger partial charge in [0, 0.05) is 26.2 Å². The molecule has 0 fully saturated rings. The molecule has 0 aliphatic rings. The maximum atomic E-state index is 13.3. The predicted molar refractivity (Wildman–Crippen MR) is 188 cm³/mol. The molecule has 0 aliphatic carbocycles. The largest absolute Gasteiger partial charge is 0.370 e. The lowest BCUT2D eigenvalue weighted by atomic mass is 10.0. The summed E-state index contributed by atoms with van der Waals surface area (Å²) >= 11 is 0. The van der Waals surface area contributed by atoms with Gasteiger partial charge in [-0.25, -0.2) is 0 Å². The first-order chi connectivity index (χ1) is 21.3. The molecule has 2 amide bonds. The fourth-order valence-electron chi connectivity index (χ4n) is 5.58. The minimum atomic E-state index is -0.770. The molecule has 0 saturated heterocycles. The second kappa shape index (κ2) is 31.1. The highest BCUT2D eigenvalue weighted by molar-refractivity contribution is 5.85. The number of nitrogens with one attached hydrogen (secondary N) is 1. The van der Waals surface area contributed by atoms with Crippen molar-refractivity contribution in [2.45, 2.75) is 180 Å². The summed E-state index contributed by atoms with van der Waals surface area (Å²) in [5.74, 6) is -0.357. The fraction of sp³-hybridized carbons (Fsp3) is 0.914. The Bertz CT molecular complexity index is 701. The highest BCUT2D eigenvalue weighted by atomic mass is 16.2. The molecule has 9 heteroatoms. The zero-order chi connectivity index (χ0) is 32.7. The van der Waals surface area contributed by atoms with Crippen LogP contribution in [0.1, 0.15) is 168 Å². The summed E-state index contributed by atoms with van der Waals surface area (Å²) in [4.78, 5) is 31.6. The van der Waals surface area contributed by atoms with Crippen molar-refractivity contribution >= 4 is 17.8 Å². The first-order valence-corrected chi connectivity index (χ1v) is 18.5. The minimum absolute atomic E-state index is 0.0263. The van der Waals surface area contributed by atoms with E-state index in [1.807, 2.05) is 4.90 Å². The van der Waals surface area contributed by atoms with Crippen molar-refractivity contribution in [3.05, 3.63) is 0 Å². The number of amides is 2. The van der Waals surface area contributed by atoms with E-state index in [0.29, 0.717) is 19.4 Å². The Kier molecular flexibility index (Phi) is 29.8. The van der Waals surface area contributed by atoms with Crippen LogP contribution in [0.15, 0.2) is 4.99 Å². The van der Waals surface area contributed by atoms with Crippen molar-refractivity contribution in [3.8, 4) is 0 Å². The molecular formula is C35H73N7O2. The molecule has 0 aliphatic heterocycles. The summed E-state index contributed by atoms with van der Waals surface area (Å²) in [6.07, 6.45) is 29.2. The van der Waals surface area contributed by atoms with Gasteiger partial charge in [-0.2, -0.15) is 0 Å². The van der Waals surface area contributed by atoms with Crippen LogP contribution in [0, 0.1) is 0 Å². The smallest absolute Gasteiger partial charge is 0.241 e. The molecule has 260 valence electrons. The Labute approximate surface area is 271 Å². The molecule has 0 heterocycles. The number of hydrogen-bond donors (Lipinski definition) is 5. The number of nitrogens with zero attached hydrogens (tertiary/aromatic N) is 2. The molecule has 0 aromatic carbocycles. The molecule has 0 spiro atoms. The summed E-state index contributed by atoms with van der Waals surface area (Å²) in [6.45, 7) is 6.51. The van der Waals surface area contributed by atoms with E-state index in [2.05, 4.69) is 24.2 Å². The van der Waals surface area contributed by atoms with E-state index in [0.717, 1.165) is 38.8 Å². The van der Waals surface area contributed by atoms with Gasteiger partial charge in [0.15, 0.2) is 5.96 Å². The van der Waals surface area contributed by atoms with Crippen LogP contribution in [-0.4, -0.2) is 60.9 Å². The van der Waals surface area contributed by atoms with Gasteiger partial charge in [-0.05, 0) is 25.7 Å². The maximum absolute atomic E-state index is 13.3. The zero-order valence-electron chi connectivity index (χ0n) is 29.0. The highest BCUT2D eigenvalue weighted by Crippen LogP contribution is 2.14. The number of rotatable bonds is 32. The third-order valence-corrected chi connectivity index (χ3v) is 8.49. The standard InChI is InChI=1S/C35H73N7O2/c1-3-5-7-9-11-13-15-16-18-20-22-24-29-42(28-23-21-19-17-14-12-10-8-6-4-2)34(44)32(37)30-41-33(43)31(36)26-25-27-40-35(38)39/h31-32H,3-30,36-37H2,1-2H3,(H,41,43)(H4,38,39,40). The van der Waals surface area contributed by atoms with E-state index in [1.54, 1.807) is 0 Å². The van der Waals surface area contributed by atoms with Gasteiger partial charge < -0.3 is 33.2 Å². The molecule has 0 aromatic rings. The number of carbonyl (C=O) groups is 2. The SMILES string of the molecule is CCCCCCCCCCCCCCN(CCCCCCCCCCCC)C(=O)C(N)CNC(=O)C(N)CCCN=C(N)N. The third kappa shape index (κ3) is 26.5.